The largest absolute Gasteiger partial charge is 0.436 e. The Hall–Kier alpha value is -1.71. The fourth-order valence-electron chi connectivity index (χ4n) is 1.72. The number of anilines is 1. The predicted molar refractivity (Wildman–Crippen MR) is 73.9 cm³/mol. The van der Waals surface area contributed by atoms with Crippen LogP contribution in [0, 0.1) is 0 Å². The van der Waals surface area contributed by atoms with Crippen LogP contribution in [0.1, 0.15) is 0 Å². The fourth-order valence-corrected chi connectivity index (χ4v) is 2.20. The first-order valence-electron chi connectivity index (χ1n) is 5.26. The molecule has 0 unspecified atom stereocenters. The third-order valence-electron chi connectivity index (χ3n) is 2.63. The molecular formula is C13H8Cl2N2O. The normalized spacial score (nSPS) is 11.0. The van der Waals surface area contributed by atoms with E-state index in [9.17, 15) is 0 Å². The minimum absolute atomic E-state index is 0.318. The molecule has 0 aliphatic rings. The molecule has 18 heavy (non-hydrogen) atoms. The van der Waals surface area contributed by atoms with E-state index in [2.05, 4.69) is 4.98 Å². The third-order valence-corrected chi connectivity index (χ3v) is 3.33. The summed E-state index contributed by atoms with van der Waals surface area (Å²) in [6.45, 7) is 0. The monoisotopic (exact) mass is 278 g/mol. The number of rotatable bonds is 1. The zero-order chi connectivity index (χ0) is 12.7. The predicted octanol–water partition coefficient (Wildman–Crippen LogP) is 4.38. The van der Waals surface area contributed by atoms with E-state index in [1.54, 1.807) is 6.07 Å². The van der Waals surface area contributed by atoms with Gasteiger partial charge in [-0.15, -0.1) is 0 Å². The minimum atomic E-state index is 0.318. The summed E-state index contributed by atoms with van der Waals surface area (Å²) in [5.74, 6) is 0.495. The number of nitrogens with two attached hydrogens (primary N) is 1. The van der Waals surface area contributed by atoms with E-state index in [0.717, 1.165) is 5.56 Å². The van der Waals surface area contributed by atoms with Gasteiger partial charge in [0.15, 0.2) is 5.58 Å². The molecule has 0 atom stereocenters. The highest BCUT2D eigenvalue weighted by Crippen LogP contribution is 2.36. The molecule has 0 aliphatic heterocycles. The number of benzene rings is 2. The molecular weight excluding hydrogens is 271 g/mol. The van der Waals surface area contributed by atoms with Crippen molar-refractivity contribution in [2.24, 2.45) is 0 Å². The maximum absolute atomic E-state index is 6.10. The maximum atomic E-state index is 6.10. The van der Waals surface area contributed by atoms with E-state index in [1.165, 1.54) is 0 Å². The lowest BCUT2D eigenvalue weighted by molar-refractivity contribution is 0.620. The van der Waals surface area contributed by atoms with Gasteiger partial charge in [-0.3, -0.25) is 0 Å². The van der Waals surface area contributed by atoms with Gasteiger partial charge in [0.2, 0.25) is 5.89 Å². The average molecular weight is 279 g/mol. The summed E-state index contributed by atoms with van der Waals surface area (Å²) < 4.78 is 5.64. The van der Waals surface area contributed by atoms with Crippen LogP contribution in [0.5, 0.6) is 0 Å². The third kappa shape index (κ3) is 1.72. The molecule has 0 aliphatic carbocycles. The molecule has 3 aromatic rings. The number of nitrogens with zero attached hydrogens (tertiary/aromatic N) is 1. The maximum Gasteiger partial charge on any atom is 0.227 e. The first-order chi connectivity index (χ1) is 8.66. The summed E-state index contributed by atoms with van der Waals surface area (Å²) in [6.07, 6.45) is 0. The van der Waals surface area contributed by atoms with Gasteiger partial charge in [-0.2, -0.15) is 0 Å². The van der Waals surface area contributed by atoms with Crippen LogP contribution in [0.15, 0.2) is 40.8 Å². The zero-order valence-electron chi connectivity index (χ0n) is 9.15. The first kappa shape index (κ1) is 11.4. The van der Waals surface area contributed by atoms with Crippen molar-refractivity contribution in [3.05, 3.63) is 46.4 Å². The Morgan fingerprint density at radius 3 is 2.56 bits per heavy atom. The van der Waals surface area contributed by atoms with E-state index in [-0.39, 0.29) is 0 Å². The summed E-state index contributed by atoms with van der Waals surface area (Å²) in [5.41, 5.74) is 7.99. The molecule has 1 aromatic heterocycles. The standard InChI is InChI=1S/C13H8Cl2N2O/c14-8-6-9-12(10(15)11(8)16)17-13(18-9)7-4-2-1-3-5-7/h1-6H,16H2. The molecule has 2 aromatic carbocycles. The lowest BCUT2D eigenvalue weighted by Gasteiger charge is -1.99. The second-order valence-corrected chi connectivity index (χ2v) is 4.60. The quantitative estimate of drug-likeness (QED) is 0.672. The Kier molecular flexibility index (Phi) is 2.65. The number of fused-ring (bicyclic) bond motifs is 1. The van der Waals surface area contributed by atoms with Crippen LogP contribution >= 0.6 is 23.2 Å². The van der Waals surface area contributed by atoms with E-state index in [4.69, 9.17) is 33.4 Å². The van der Waals surface area contributed by atoms with Gasteiger partial charge in [0, 0.05) is 11.6 Å². The second-order valence-electron chi connectivity index (χ2n) is 3.82. The molecule has 0 saturated carbocycles. The average Bonchev–Trinajstić information content (AvgIpc) is 2.81. The van der Waals surface area contributed by atoms with Crippen LogP contribution in [0.2, 0.25) is 10.0 Å². The summed E-state index contributed by atoms with van der Waals surface area (Å²) >= 11 is 12.1. The molecule has 5 heteroatoms. The van der Waals surface area contributed by atoms with Crippen LogP contribution in [0.25, 0.3) is 22.6 Å². The highest BCUT2D eigenvalue weighted by Gasteiger charge is 2.15. The fraction of sp³-hybridized carbons (Fsp3) is 0. The van der Waals surface area contributed by atoms with Gasteiger partial charge in [-0.05, 0) is 12.1 Å². The van der Waals surface area contributed by atoms with Crippen LogP contribution in [0.4, 0.5) is 5.69 Å². The number of aromatic nitrogens is 1. The SMILES string of the molecule is Nc1c(Cl)cc2oc(-c3ccccc3)nc2c1Cl. The van der Waals surface area contributed by atoms with E-state index < -0.39 is 0 Å². The summed E-state index contributed by atoms with van der Waals surface area (Å²) in [6, 6.07) is 11.2. The molecule has 90 valence electrons. The molecule has 0 amide bonds. The smallest absolute Gasteiger partial charge is 0.227 e. The van der Waals surface area contributed by atoms with Crippen molar-refractivity contribution in [3.8, 4) is 11.5 Å². The van der Waals surface area contributed by atoms with Gasteiger partial charge in [-0.1, -0.05) is 41.4 Å². The van der Waals surface area contributed by atoms with Crippen LogP contribution < -0.4 is 5.73 Å². The van der Waals surface area contributed by atoms with Crippen LogP contribution in [-0.4, -0.2) is 4.98 Å². The lowest BCUT2D eigenvalue weighted by Crippen LogP contribution is -1.88. The topological polar surface area (TPSA) is 52.0 Å². The van der Waals surface area contributed by atoms with Crippen molar-refractivity contribution >= 4 is 40.0 Å². The number of hydrogen-bond donors (Lipinski definition) is 1. The molecule has 0 fully saturated rings. The molecule has 1 heterocycles. The second kappa shape index (κ2) is 4.19. The molecule has 2 N–H and O–H groups in total. The molecule has 3 rings (SSSR count). The number of oxazole rings is 1. The Bertz CT molecular complexity index is 723. The van der Waals surface area contributed by atoms with Gasteiger partial charge in [0.25, 0.3) is 0 Å². The summed E-state index contributed by atoms with van der Waals surface area (Å²) in [4.78, 5) is 4.35. The number of halogens is 2. The number of nitrogen functional groups attached to an aromatic ring is 1. The molecule has 0 radical (unpaired) electrons. The van der Waals surface area contributed by atoms with Gasteiger partial charge >= 0.3 is 0 Å². The summed E-state index contributed by atoms with van der Waals surface area (Å²) in [5, 5.41) is 0.687. The molecule has 0 spiro atoms. The Morgan fingerprint density at radius 1 is 1.11 bits per heavy atom. The van der Waals surface area contributed by atoms with Crippen molar-refractivity contribution in [2.75, 3.05) is 5.73 Å². The van der Waals surface area contributed by atoms with Gasteiger partial charge < -0.3 is 10.2 Å². The van der Waals surface area contributed by atoms with E-state index in [0.29, 0.717) is 32.7 Å². The van der Waals surface area contributed by atoms with Crippen LogP contribution in [-0.2, 0) is 0 Å². The molecule has 0 saturated heterocycles. The Balaban J connectivity index is 2.27. The van der Waals surface area contributed by atoms with Crippen molar-refractivity contribution in [1.29, 1.82) is 0 Å². The first-order valence-corrected chi connectivity index (χ1v) is 6.02. The van der Waals surface area contributed by atoms with Crippen molar-refractivity contribution < 1.29 is 4.42 Å². The lowest BCUT2D eigenvalue weighted by atomic mass is 10.2. The van der Waals surface area contributed by atoms with Crippen molar-refractivity contribution in [3.63, 3.8) is 0 Å². The molecule has 3 nitrogen and oxygen atoms in total. The Morgan fingerprint density at radius 2 is 1.83 bits per heavy atom. The van der Waals surface area contributed by atoms with E-state index >= 15 is 0 Å². The van der Waals surface area contributed by atoms with Gasteiger partial charge in [0.05, 0.1) is 15.7 Å². The highest BCUT2D eigenvalue weighted by atomic mass is 35.5. The minimum Gasteiger partial charge on any atom is -0.436 e. The van der Waals surface area contributed by atoms with E-state index in [1.807, 2.05) is 30.3 Å². The highest BCUT2D eigenvalue weighted by molar-refractivity contribution is 6.42. The summed E-state index contributed by atoms with van der Waals surface area (Å²) in [7, 11) is 0. The Labute approximate surface area is 113 Å². The van der Waals surface area contributed by atoms with Crippen LogP contribution in [0.3, 0.4) is 0 Å². The van der Waals surface area contributed by atoms with Gasteiger partial charge in [0.1, 0.15) is 5.52 Å². The van der Waals surface area contributed by atoms with Gasteiger partial charge in [-0.25, -0.2) is 4.98 Å². The zero-order valence-corrected chi connectivity index (χ0v) is 10.7. The number of hydrogen-bond acceptors (Lipinski definition) is 3. The van der Waals surface area contributed by atoms with Crippen molar-refractivity contribution in [2.45, 2.75) is 0 Å². The van der Waals surface area contributed by atoms with Crippen molar-refractivity contribution in [1.82, 2.24) is 4.98 Å². The molecule has 0 bridgehead atoms.